The van der Waals surface area contributed by atoms with Crippen molar-refractivity contribution >= 4 is 17.6 Å². The lowest BCUT2D eigenvalue weighted by Gasteiger charge is -2.21. The lowest BCUT2D eigenvalue weighted by molar-refractivity contribution is 0.0953. The van der Waals surface area contributed by atoms with E-state index in [1.54, 1.807) is 17.0 Å². The number of nitrogens with zero attached hydrogens (tertiary/aromatic N) is 2. The predicted molar refractivity (Wildman–Crippen MR) is 119 cm³/mol. The first-order chi connectivity index (χ1) is 15.1. The Labute approximate surface area is 181 Å². The van der Waals surface area contributed by atoms with Gasteiger partial charge in [0.25, 0.3) is 5.91 Å². The number of guanidine groups is 1. The van der Waals surface area contributed by atoms with Crippen molar-refractivity contribution in [3.8, 4) is 0 Å². The van der Waals surface area contributed by atoms with Crippen molar-refractivity contribution in [2.75, 3.05) is 37.6 Å². The zero-order valence-corrected chi connectivity index (χ0v) is 17.7. The summed E-state index contributed by atoms with van der Waals surface area (Å²) in [5.74, 6) is -0.517. The van der Waals surface area contributed by atoms with E-state index >= 15 is 0 Å². The standard InChI is InChI=1S/C23H29F2N5O/c1-2-26-23(28-14-7-13-27-22(31)17-8-4-3-5-9-17)29-18-12-15-30(16-18)21-19(24)10-6-11-20(21)25/h3-6,8-11,18H,2,7,12-16H2,1H3,(H,27,31)(H2,26,28,29). The minimum atomic E-state index is -0.543. The summed E-state index contributed by atoms with van der Waals surface area (Å²) < 4.78 is 28.1. The molecule has 1 atom stereocenters. The first-order valence-corrected chi connectivity index (χ1v) is 10.7. The van der Waals surface area contributed by atoms with E-state index in [1.165, 1.54) is 18.2 Å². The van der Waals surface area contributed by atoms with Crippen molar-refractivity contribution in [3.05, 3.63) is 65.7 Å². The van der Waals surface area contributed by atoms with Crippen LogP contribution in [0, 0.1) is 11.6 Å². The predicted octanol–water partition coefficient (Wildman–Crippen LogP) is 2.92. The topological polar surface area (TPSA) is 68.8 Å². The van der Waals surface area contributed by atoms with Crippen molar-refractivity contribution < 1.29 is 13.6 Å². The summed E-state index contributed by atoms with van der Waals surface area (Å²) in [5, 5.41) is 9.43. The van der Waals surface area contributed by atoms with Gasteiger partial charge < -0.3 is 20.9 Å². The van der Waals surface area contributed by atoms with Gasteiger partial charge in [-0.25, -0.2) is 8.78 Å². The second-order valence-electron chi connectivity index (χ2n) is 7.38. The molecule has 31 heavy (non-hydrogen) atoms. The Morgan fingerprint density at radius 1 is 1.10 bits per heavy atom. The van der Waals surface area contributed by atoms with Gasteiger partial charge in [0.2, 0.25) is 0 Å². The van der Waals surface area contributed by atoms with Crippen molar-refractivity contribution in [2.45, 2.75) is 25.8 Å². The molecule has 6 nitrogen and oxygen atoms in total. The summed E-state index contributed by atoms with van der Waals surface area (Å²) in [5.41, 5.74) is 0.668. The minimum Gasteiger partial charge on any atom is -0.365 e. The Balaban J connectivity index is 1.46. The number of carbonyl (C=O) groups excluding carboxylic acids is 1. The Morgan fingerprint density at radius 2 is 1.84 bits per heavy atom. The number of hydrogen-bond donors (Lipinski definition) is 3. The van der Waals surface area contributed by atoms with Crippen molar-refractivity contribution in [1.29, 1.82) is 0 Å². The van der Waals surface area contributed by atoms with Crippen LogP contribution in [0.2, 0.25) is 0 Å². The van der Waals surface area contributed by atoms with Crippen LogP contribution in [0.5, 0.6) is 0 Å². The smallest absolute Gasteiger partial charge is 0.251 e. The molecule has 1 amide bonds. The zero-order valence-electron chi connectivity index (χ0n) is 17.7. The fraction of sp³-hybridized carbons (Fsp3) is 0.391. The van der Waals surface area contributed by atoms with Crippen LogP contribution in [-0.4, -0.2) is 50.6 Å². The van der Waals surface area contributed by atoms with E-state index in [4.69, 9.17) is 0 Å². The highest BCUT2D eigenvalue weighted by atomic mass is 19.1. The summed E-state index contributed by atoms with van der Waals surface area (Å²) in [4.78, 5) is 18.3. The molecule has 1 aliphatic rings. The van der Waals surface area contributed by atoms with E-state index in [1.807, 2.05) is 25.1 Å². The van der Waals surface area contributed by atoms with Crippen LogP contribution in [0.1, 0.15) is 30.1 Å². The lowest BCUT2D eigenvalue weighted by Crippen LogP contribution is -2.44. The fourth-order valence-electron chi connectivity index (χ4n) is 3.55. The number of nitrogens with one attached hydrogen (secondary N) is 3. The molecule has 0 aliphatic carbocycles. The molecule has 0 spiro atoms. The molecule has 1 saturated heterocycles. The van der Waals surface area contributed by atoms with Gasteiger partial charge in [-0.2, -0.15) is 0 Å². The maximum Gasteiger partial charge on any atom is 0.251 e. The van der Waals surface area contributed by atoms with E-state index in [0.29, 0.717) is 50.7 Å². The molecular weight excluding hydrogens is 400 g/mol. The van der Waals surface area contributed by atoms with Crippen molar-refractivity contribution in [3.63, 3.8) is 0 Å². The van der Waals surface area contributed by atoms with E-state index in [9.17, 15) is 13.6 Å². The number of anilines is 1. The summed E-state index contributed by atoms with van der Waals surface area (Å²) in [6.45, 7) is 4.82. The molecule has 1 aliphatic heterocycles. The van der Waals surface area contributed by atoms with Crippen LogP contribution in [-0.2, 0) is 0 Å². The monoisotopic (exact) mass is 429 g/mol. The van der Waals surface area contributed by atoms with Gasteiger partial charge in [-0.15, -0.1) is 0 Å². The third kappa shape index (κ3) is 6.41. The number of halogens is 2. The average Bonchev–Trinajstić information content (AvgIpc) is 3.22. The SMILES string of the molecule is CCNC(=NCCCNC(=O)c1ccccc1)NC1CCN(c2c(F)cccc2F)C1. The molecule has 3 N–H and O–H groups in total. The molecule has 3 rings (SSSR count). The highest BCUT2D eigenvalue weighted by Crippen LogP contribution is 2.26. The third-order valence-corrected chi connectivity index (χ3v) is 5.05. The highest BCUT2D eigenvalue weighted by molar-refractivity contribution is 5.94. The molecule has 1 fully saturated rings. The molecular formula is C23H29F2N5O. The van der Waals surface area contributed by atoms with Gasteiger partial charge in [0.1, 0.15) is 17.3 Å². The quantitative estimate of drug-likeness (QED) is 0.343. The van der Waals surface area contributed by atoms with Crippen molar-refractivity contribution in [2.24, 2.45) is 4.99 Å². The number of aliphatic imine (C=N–C) groups is 1. The van der Waals surface area contributed by atoms with Gasteiger partial charge in [-0.1, -0.05) is 24.3 Å². The molecule has 0 aromatic heterocycles. The maximum absolute atomic E-state index is 14.0. The van der Waals surface area contributed by atoms with Gasteiger partial charge in [0, 0.05) is 44.3 Å². The lowest BCUT2D eigenvalue weighted by atomic mass is 10.2. The van der Waals surface area contributed by atoms with Gasteiger partial charge >= 0.3 is 0 Å². The Morgan fingerprint density at radius 3 is 2.55 bits per heavy atom. The highest BCUT2D eigenvalue weighted by Gasteiger charge is 2.27. The van der Waals surface area contributed by atoms with E-state index in [0.717, 1.165) is 6.42 Å². The second kappa shape index (κ2) is 11.3. The molecule has 2 aromatic carbocycles. The summed E-state index contributed by atoms with van der Waals surface area (Å²) in [6, 6.07) is 13.1. The van der Waals surface area contributed by atoms with Gasteiger partial charge in [0.05, 0.1) is 0 Å². The Kier molecular flexibility index (Phi) is 8.20. The molecule has 0 saturated carbocycles. The molecule has 8 heteroatoms. The molecule has 166 valence electrons. The molecule has 0 radical (unpaired) electrons. The van der Waals surface area contributed by atoms with E-state index < -0.39 is 11.6 Å². The number of rotatable bonds is 8. The summed E-state index contributed by atoms with van der Waals surface area (Å²) >= 11 is 0. The second-order valence-corrected chi connectivity index (χ2v) is 7.38. The van der Waals surface area contributed by atoms with E-state index in [-0.39, 0.29) is 17.6 Å². The number of para-hydroxylation sites is 1. The van der Waals surface area contributed by atoms with Gasteiger partial charge in [-0.3, -0.25) is 9.79 Å². The van der Waals surface area contributed by atoms with Gasteiger partial charge in [0.15, 0.2) is 5.96 Å². The number of amides is 1. The Bertz CT molecular complexity index is 871. The van der Waals surface area contributed by atoms with Crippen LogP contribution in [0.3, 0.4) is 0 Å². The fourth-order valence-corrected chi connectivity index (χ4v) is 3.55. The maximum atomic E-state index is 14.0. The summed E-state index contributed by atoms with van der Waals surface area (Å²) in [7, 11) is 0. The van der Waals surface area contributed by atoms with Crippen LogP contribution in [0.4, 0.5) is 14.5 Å². The van der Waals surface area contributed by atoms with Crippen LogP contribution >= 0.6 is 0 Å². The average molecular weight is 430 g/mol. The first-order valence-electron chi connectivity index (χ1n) is 10.7. The molecule has 1 heterocycles. The first kappa shape index (κ1) is 22.5. The van der Waals surface area contributed by atoms with Crippen molar-refractivity contribution in [1.82, 2.24) is 16.0 Å². The Hall–Kier alpha value is -3.16. The number of hydrogen-bond acceptors (Lipinski definition) is 3. The zero-order chi connectivity index (χ0) is 22.1. The minimum absolute atomic E-state index is 0.0305. The van der Waals surface area contributed by atoms with E-state index in [2.05, 4.69) is 20.9 Å². The molecule has 0 bridgehead atoms. The molecule has 2 aromatic rings. The third-order valence-electron chi connectivity index (χ3n) is 5.05. The number of benzene rings is 2. The molecule has 1 unspecified atom stereocenters. The number of carbonyl (C=O) groups is 1. The largest absolute Gasteiger partial charge is 0.365 e. The van der Waals surface area contributed by atoms with Gasteiger partial charge in [-0.05, 0) is 44.0 Å². The summed E-state index contributed by atoms with van der Waals surface area (Å²) in [6.07, 6.45) is 1.46. The van der Waals surface area contributed by atoms with Crippen LogP contribution < -0.4 is 20.9 Å². The normalized spacial score (nSPS) is 16.3. The van der Waals surface area contributed by atoms with Crippen LogP contribution in [0.25, 0.3) is 0 Å². The van der Waals surface area contributed by atoms with Crippen LogP contribution in [0.15, 0.2) is 53.5 Å².